The largest absolute Gasteiger partial charge is 0.328 e. The molecule has 1 aromatic heterocycles. The molecule has 0 saturated carbocycles. The molecule has 0 aliphatic rings. The number of rotatable bonds is 4. The molecule has 1 aromatic carbocycles. The monoisotopic (exact) mass is 236 g/mol. The van der Waals surface area contributed by atoms with E-state index < -0.39 is 0 Å². The van der Waals surface area contributed by atoms with Gasteiger partial charge >= 0.3 is 0 Å². The number of benzene rings is 1. The van der Waals surface area contributed by atoms with Gasteiger partial charge in [0, 0.05) is 18.8 Å². The number of nitrogens with zero attached hydrogens (tertiary/aromatic N) is 2. The van der Waals surface area contributed by atoms with Crippen LogP contribution in [0.25, 0.3) is 11.0 Å². The maximum absolute atomic E-state index is 5.88. The Bertz CT molecular complexity index is 476. The third-order valence-electron chi connectivity index (χ3n) is 2.81. The Labute approximate surface area is 101 Å². The van der Waals surface area contributed by atoms with Gasteiger partial charge in [-0.1, -0.05) is 26.0 Å². The summed E-state index contributed by atoms with van der Waals surface area (Å²) in [5, 5.41) is 0. The van der Waals surface area contributed by atoms with E-state index in [4.69, 9.17) is 11.6 Å². The van der Waals surface area contributed by atoms with Crippen molar-refractivity contribution in [2.75, 3.05) is 5.88 Å². The third kappa shape index (κ3) is 2.07. The fourth-order valence-corrected chi connectivity index (χ4v) is 2.06. The minimum absolute atomic E-state index is 0.476. The van der Waals surface area contributed by atoms with Crippen molar-refractivity contribution in [3.05, 3.63) is 30.1 Å². The molecule has 2 rings (SSSR count). The second-order valence-electron chi connectivity index (χ2n) is 4.24. The normalized spacial score (nSPS) is 13.2. The van der Waals surface area contributed by atoms with Crippen LogP contribution in [0.15, 0.2) is 24.3 Å². The molecule has 2 aromatic rings. The second-order valence-corrected chi connectivity index (χ2v) is 4.55. The van der Waals surface area contributed by atoms with E-state index in [9.17, 15) is 0 Å². The smallest absolute Gasteiger partial charge is 0.109 e. The number of hydrogen-bond donors (Lipinski definition) is 0. The molecule has 2 nitrogen and oxygen atoms in total. The van der Waals surface area contributed by atoms with Gasteiger partial charge in [-0.05, 0) is 18.1 Å². The van der Waals surface area contributed by atoms with Crippen LogP contribution in [0.3, 0.4) is 0 Å². The minimum Gasteiger partial charge on any atom is -0.328 e. The molecule has 0 aliphatic heterocycles. The van der Waals surface area contributed by atoms with E-state index in [0.29, 0.717) is 11.8 Å². The number of imidazole rings is 1. The number of aryl methyl sites for hydroxylation is 1. The van der Waals surface area contributed by atoms with Gasteiger partial charge < -0.3 is 4.57 Å². The summed E-state index contributed by atoms with van der Waals surface area (Å²) < 4.78 is 2.29. The summed E-state index contributed by atoms with van der Waals surface area (Å²) in [5.74, 6) is 2.32. The predicted molar refractivity (Wildman–Crippen MR) is 69.0 cm³/mol. The van der Waals surface area contributed by atoms with Gasteiger partial charge in [0.25, 0.3) is 0 Å². The van der Waals surface area contributed by atoms with Crippen molar-refractivity contribution in [3.63, 3.8) is 0 Å². The summed E-state index contributed by atoms with van der Waals surface area (Å²) in [4.78, 5) is 4.64. The molecule has 86 valence electrons. The van der Waals surface area contributed by atoms with Gasteiger partial charge in [-0.25, -0.2) is 4.98 Å². The Morgan fingerprint density at radius 1 is 1.38 bits per heavy atom. The molecule has 3 heteroatoms. The third-order valence-corrected chi connectivity index (χ3v) is 3.33. The van der Waals surface area contributed by atoms with Crippen LogP contribution >= 0.6 is 11.6 Å². The predicted octanol–water partition coefficient (Wildman–Crippen LogP) is 3.47. The number of alkyl halides is 1. The summed E-state index contributed by atoms with van der Waals surface area (Å²) in [6, 6.07) is 8.29. The second kappa shape index (κ2) is 4.88. The summed E-state index contributed by atoms with van der Waals surface area (Å²) in [6.07, 6.45) is 0.962. The van der Waals surface area contributed by atoms with Gasteiger partial charge in [0.15, 0.2) is 0 Å². The van der Waals surface area contributed by atoms with E-state index in [1.807, 2.05) is 6.07 Å². The van der Waals surface area contributed by atoms with Crippen molar-refractivity contribution in [2.45, 2.75) is 26.8 Å². The van der Waals surface area contributed by atoms with Gasteiger partial charge in [0.05, 0.1) is 11.0 Å². The quantitative estimate of drug-likeness (QED) is 0.744. The summed E-state index contributed by atoms with van der Waals surface area (Å²) in [5.41, 5.74) is 2.30. The molecule has 0 bridgehead atoms. The average Bonchev–Trinajstić information content (AvgIpc) is 2.67. The first-order valence-electron chi connectivity index (χ1n) is 5.76. The van der Waals surface area contributed by atoms with Gasteiger partial charge in [-0.3, -0.25) is 0 Å². The van der Waals surface area contributed by atoms with Crippen LogP contribution in [0.4, 0.5) is 0 Å². The maximum atomic E-state index is 5.88. The first-order valence-corrected chi connectivity index (χ1v) is 6.29. The van der Waals surface area contributed by atoms with Crippen LogP contribution in [0.1, 0.15) is 19.7 Å². The van der Waals surface area contributed by atoms with E-state index in [0.717, 1.165) is 24.3 Å². The van der Waals surface area contributed by atoms with Crippen LogP contribution < -0.4 is 0 Å². The number of fused-ring (bicyclic) bond motifs is 1. The molecular formula is C13H17ClN2. The molecular weight excluding hydrogens is 220 g/mol. The molecule has 0 spiro atoms. The van der Waals surface area contributed by atoms with Crippen molar-refractivity contribution in [1.82, 2.24) is 9.55 Å². The molecule has 0 amide bonds. The standard InChI is InChI=1S/C13H17ClN2/c1-3-13-15-11-6-4-5-7-12(11)16(13)9-10(2)8-14/h4-7,10H,3,8-9H2,1-2H3. The van der Waals surface area contributed by atoms with E-state index in [-0.39, 0.29) is 0 Å². The lowest BCUT2D eigenvalue weighted by Crippen LogP contribution is -2.11. The molecule has 1 heterocycles. The highest BCUT2D eigenvalue weighted by Crippen LogP contribution is 2.18. The van der Waals surface area contributed by atoms with Crippen molar-refractivity contribution >= 4 is 22.6 Å². The first kappa shape index (κ1) is 11.5. The molecule has 1 atom stereocenters. The Hall–Kier alpha value is -1.02. The minimum atomic E-state index is 0.476. The Morgan fingerprint density at radius 3 is 2.81 bits per heavy atom. The lowest BCUT2D eigenvalue weighted by Gasteiger charge is -2.12. The van der Waals surface area contributed by atoms with Gasteiger partial charge in [0.1, 0.15) is 5.82 Å². The number of para-hydroxylation sites is 2. The average molecular weight is 237 g/mol. The van der Waals surface area contributed by atoms with Crippen LogP contribution in [0, 0.1) is 5.92 Å². The van der Waals surface area contributed by atoms with Crippen LogP contribution in [0.5, 0.6) is 0 Å². The molecule has 0 saturated heterocycles. The summed E-state index contributed by atoms with van der Waals surface area (Å²) >= 11 is 5.88. The fourth-order valence-electron chi connectivity index (χ4n) is 1.96. The van der Waals surface area contributed by atoms with Crippen molar-refractivity contribution in [2.24, 2.45) is 5.92 Å². The lowest BCUT2D eigenvalue weighted by atomic mass is 10.2. The van der Waals surface area contributed by atoms with E-state index in [1.54, 1.807) is 0 Å². The molecule has 16 heavy (non-hydrogen) atoms. The summed E-state index contributed by atoms with van der Waals surface area (Å²) in [7, 11) is 0. The van der Waals surface area contributed by atoms with Gasteiger partial charge in [-0.2, -0.15) is 0 Å². The zero-order chi connectivity index (χ0) is 11.5. The molecule has 0 N–H and O–H groups in total. The van der Waals surface area contributed by atoms with Crippen LogP contribution in [0.2, 0.25) is 0 Å². The van der Waals surface area contributed by atoms with E-state index in [2.05, 4.69) is 41.6 Å². The van der Waals surface area contributed by atoms with Gasteiger partial charge in [-0.15, -0.1) is 11.6 Å². The Balaban J connectivity index is 2.47. The number of aromatic nitrogens is 2. The maximum Gasteiger partial charge on any atom is 0.109 e. The van der Waals surface area contributed by atoms with Crippen LogP contribution in [-0.2, 0) is 13.0 Å². The highest BCUT2D eigenvalue weighted by Gasteiger charge is 2.10. The molecule has 0 fully saturated rings. The van der Waals surface area contributed by atoms with E-state index >= 15 is 0 Å². The molecule has 0 aliphatic carbocycles. The highest BCUT2D eigenvalue weighted by molar-refractivity contribution is 6.18. The topological polar surface area (TPSA) is 17.8 Å². The lowest BCUT2D eigenvalue weighted by molar-refractivity contribution is 0.523. The first-order chi connectivity index (χ1) is 7.76. The van der Waals surface area contributed by atoms with Crippen LogP contribution in [-0.4, -0.2) is 15.4 Å². The SMILES string of the molecule is CCc1nc2ccccc2n1CC(C)CCl. The number of halogens is 1. The van der Waals surface area contributed by atoms with Crippen molar-refractivity contribution in [1.29, 1.82) is 0 Å². The fraction of sp³-hybridized carbons (Fsp3) is 0.462. The molecule has 0 radical (unpaired) electrons. The van der Waals surface area contributed by atoms with Crippen molar-refractivity contribution < 1.29 is 0 Å². The molecule has 1 unspecified atom stereocenters. The Morgan fingerprint density at radius 2 is 2.12 bits per heavy atom. The zero-order valence-electron chi connectivity index (χ0n) is 9.78. The Kier molecular flexibility index (Phi) is 3.49. The van der Waals surface area contributed by atoms with Crippen molar-refractivity contribution in [3.8, 4) is 0 Å². The van der Waals surface area contributed by atoms with E-state index in [1.165, 1.54) is 5.52 Å². The number of hydrogen-bond acceptors (Lipinski definition) is 1. The highest BCUT2D eigenvalue weighted by atomic mass is 35.5. The van der Waals surface area contributed by atoms with Gasteiger partial charge in [0.2, 0.25) is 0 Å². The summed E-state index contributed by atoms with van der Waals surface area (Å²) in [6.45, 7) is 5.26. The zero-order valence-corrected chi connectivity index (χ0v) is 10.5.